The van der Waals surface area contributed by atoms with Crippen molar-refractivity contribution in [3.05, 3.63) is 11.6 Å². The van der Waals surface area contributed by atoms with Crippen LogP contribution < -0.4 is 0 Å². The fourth-order valence-corrected chi connectivity index (χ4v) is 2.37. The number of fused-ring (bicyclic) bond motifs is 1. The molecule has 0 unspecified atom stereocenters. The molecule has 0 aromatic heterocycles. The van der Waals surface area contributed by atoms with Crippen LogP contribution in [-0.2, 0) is 9.59 Å². The molecule has 1 atom stereocenters. The van der Waals surface area contributed by atoms with Gasteiger partial charge in [-0.15, -0.1) is 0 Å². The first-order chi connectivity index (χ1) is 6.60. The number of allylic oxidation sites excluding steroid dienone is 1. The summed E-state index contributed by atoms with van der Waals surface area (Å²) in [5, 5.41) is 9.18. The van der Waals surface area contributed by atoms with Gasteiger partial charge in [0.05, 0.1) is 0 Å². The van der Waals surface area contributed by atoms with E-state index in [0.717, 1.165) is 5.57 Å². The van der Waals surface area contributed by atoms with Gasteiger partial charge < -0.3 is 10.0 Å². The number of hydrogen-bond donors (Lipinski definition) is 1. The Bertz CT molecular complexity index is 334. The van der Waals surface area contributed by atoms with Crippen LogP contribution >= 0.6 is 0 Å². The second kappa shape index (κ2) is 2.83. The van der Waals surface area contributed by atoms with Crippen molar-refractivity contribution in [3.8, 4) is 0 Å². The molecule has 4 heteroatoms. The lowest BCUT2D eigenvalue weighted by Crippen LogP contribution is -2.47. The average molecular weight is 195 g/mol. The van der Waals surface area contributed by atoms with Gasteiger partial charge in [0, 0.05) is 19.4 Å². The van der Waals surface area contributed by atoms with Crippen molar-refractivity contribution in [1.29, 1.82) is 0 Å². The quantitative estimate of drug-likeness (QED) is 0.629. The van der Waals surface area contributed by atoms with Crippen LogP contribution in [0.5, 0.6) is 0 Å². The minimum Gasteiger partial charge on any atom is -0.479 e. The van der Waals surface area contributed by atoms with Gasteiger partial charge in [-0.3, -0.25) is 4.79 Å². The molecule has 0 bridgehead atoms. The van der Waals surface area contributed by atoms with Crippen LogP contribution in [-0.4, -0.2) is 34.0 Å². The molecule has 2 heterocycles. The predicted octanol–water partition coefficient (Wildman–Crippen LogP) is 0.782. The molecule has 1 amide bonds. The zero-order valence-corrected chi connectivity index (χ0v) is 8.12. The second-order valence-electron chi connectivity index (χ2n) is 3.94. The third-order valence-electron chi connectivity index (χ3n) is 3.26. The van der Waals surface area contributed by atoms with E-state index >= 15 is 0 Å². The molecule has 0 spiro atoms. The summed E-state index contributed by atoms with van der Waals surface area (Å²) < 4.78 is 0. The van der Waals surface area contributed by atoms with E-state index in [1.165, 1.54) is 4.90 Å². The first-order valence-electron chi connectivity index (χ1n) is 4.78. The van der Waals surface area contributed by atoms with E-state index in [4.69, 9.17) is 0 Å². The minimum absolute atomic E-state index is 0.0238. The van der Waals surface area contributed by atoms with Crippen molar-refractivity contribution < 1.29 is 14.7 Å². The van der Waals surface area contributed by atoms with Gasteiger partial charge in [0.25, 0.3) is 0 Å². The van der Waals surface area contributed by atoms with E-state index in [-0.39, 0.29) is 5.91 Å². The molecule has 2 rings (SSSR count). The third-order valence-corrected chi connectivity index (χ3v) is 3.26. The van der Waals surface area contributed by atoms with Crippen LogP contribution in [0.4, 0.5) is 0 Å². The number of carboxylic acid groups (broad SMARTS) is 1. The molecular weight excluding hydrogens is 182 g/mol. The highest BCUT2D eigenvalue weighted by atomic mass is 16.4. The fraction of sp³-hybridized carbons (Fsp3) is 0.600. The molecule has 76 valence electrons. The van der Waals surface area contributed by atoms with E-state index in [0.29, 0.717) is 25.8 Å². The highest BCUT2D eigenvalue weighted by molar-refractivity contribution is 5.92. The smallest absolute Gasteiger partial charge is 0.329 e. The van der Waals surface area contributed by atoms with E-state index < -0.39 is 11.5 Å². The van der Waals surface area contributed by atoms with Crippen molar-refractivity contribution in [2.45, 2.75) is 31.7 Å². The number of carbonyl (C=O) groups excluding carboxylic acids is 1. The van der Waals surface area contributed by atoms with Gasteiger partial charge in [-0.25, -0.2) is 4.79 Å². The van der Waals surface area contributed by atoms with Gasteiger partial charge in [-0.2, -0.15) is 0 Å². The maximum Gasteiger partial charge on any atom is 0.329 e. The molecule has 2 fully saturated rings. The minimum atomic E-state index is -0.918. The van der Waals surface area contributed by atoms with Gasteiger partial charge in [0.15, 0.2) is 0 Å². The standard InChI is InChI=1S/C10H13NO3/c1-2-7-5-10(9(13)14)4-3-8(12)11(10)6-7/h2H,3-6H2,1H3,(H,13,14)/b7-2-/t10-/m0/s1. The lowest BCUT2D eigenvalue weighted by atomic mass is 9.93. The maximum absolute atomic E-state index is 11.5. The summed E-state index contributed by atoms with van der Waals surface area (Å²) in [4.78, 5) is 24.2. The molecule has 0 aromatic carbocycles. The van der Waals surface area contributed by atoms with Crippen molar-refractivity contribution >= 4 is 11.9 Å². The summed E-state index contributed by atoms with van der Waals surface area (Å²) in [5.74, 6) is -0.885. The average Bonchev–Trinajstić information content (AvgIpc) is 2.65. The molecule has 4 nitrogen and oxygen atoms in total. The topological polar surface area (TPSA) is 57.6 Å². The summed E-state index contributed by atoms with van der Waals surface area (Å²) in [7, 11) is 0. The lowest BCUT2D eigenvalue weighted by Gasteiger charge is -2.26. The van der Waals surface area contributed by atoms with Crippen LogP contribution in [0.3, 0.4) is 0 Å². The Hall–Kier alpha value is -1.32. The van der Waals surface area contributed by atoms with Crippen molar-refractivity contribution in [3.63, 3.8) is 0 Å². The number of aliphatic carboxylic acids is 1. The molecule has 0 saturated carbocycles. The maximum atomic E-state index is 11.5. The Morgan fingerprint density at radius 2 is 2.36 bits per heavy atom. The van der Waals surface area contributed by atoms with Crippen molar-refractivity contribution in [2.75, 3.05) is 6.54 Å². The molecule has 2 saturated heterocycles. The Morgan fingerprint density at radius 3 is 2.86 bits per heavy atom. The van der Waals surface area contributed by atoms with E-state index in [1.807, 2.05) is 13.0 Å². The van der Waals surface area contributed by atoms with Gasteiger partial charge in [-0.1, -0.05) is 11.6 Å². The van der Waals surface area contributed by atoms with E-state index in [1.54, 1.807) is 0 Å². The van der Waals surface area contributed by atoms with Crippen LogP contribution in [0.15, 0.2) is 11.6 Å². The van der Waals surface area contributed by atoms with E-state index in [2.05, 4.69) is 0 Å². The predicted molar refractivity (Wildman–Crippen MR) is 49.7 cm³/mol. The van der Waals surface area contributed by atoms with Crippen LogP contribution in [0.1, 0.15) is 26.2 Å². The molecule has 2 aliphatic rings. The van der Waals surface area contributed by atoms with Crippen LogP contribution in [0.2, 0.25) is 0 Å². The zero-order chi connectivity index (χ0) is 10.3. The third kappa shape index (κ3) is 0.997. The Kier molecular flexibility index (Phi) is 1.87. The Balaban J connectivity index is 2.38. The molecule has 14 heavy (non-hydrogen) atoms. The number of rotatable bonds is 1. The largest absolute Gasteiger partial charge is 0.479 e. The number of carboxylic acids is 1. The molecule has 1 N–H and O–H groups in total. The summed E-state index contributed by atoms with van der Waals surface area (Å²) in [6.07, 6.45) is 3.25. The number of amides is 1. The van der Waals surface area contributed by atoms with Crippen molar-refractivity contribution in [1.82, 2.24) is 4.90 Å². The zero-order valence-electron chi connectivity index (χ0n) is 8.12. The first kappa shape index (κ1) is 9.24. The first-order valence-corrected chi connectivity index (χ1v) is 4.78. The molecule has 0 aliphatic carbocycles. The Labute approximate surface area is 82.2 Å². The monoisotopic (exact) mass is 195 g/mol. The van der Waals surface area contributed by atoms with Gasteiger partial charge in [0.2, 0.25) is 5.91 Å². The summed E-state index contributed by atoms with van der Waals surface area (Å²) >= 11 is 0. The molecule has 0 aromatic rings. The molecular formula is C10H13NO3. The highest BCUT2D eigenvalue weighted by Gasteiger charge is 2.55. The summed E-state index contributed by atoms with van der Waals surface area (Å²) in [5.41, 5.74) is 0.138. The highest BCUT2D eigenvalue weighted by Crippen LogP contribution is 2.41. The second-order valence-corrected chi connectivity index (χ2v) is 3.94. The Morgan fingerprint density at radius 1 is 1.64 bits per heavy atom. The van der Waals surface area contributed by atoms with Gasteiger partial charge in [0.1, 0.15) is 5.54 Å². The van der Waals surface area contributed by atoms with Crippen LogP contribution in [0.25, 0.3) is 0 Å². The van der Waals surface area contributed by atoms with E-state index in [9.17, 15) is 14.7 Å². The van der Waals surface area contributed by atoms with Gasteiger partial charge >= 0.3 is 5.97 Å². The van der Waals surface area contributed by atoms with Crippen LogP contribution in [0, 0.1) is 0 Å². The lowest BCUT2D eigenvalue weighted by molar-refractivity contribution is -0.151. The normalized spacial score (nSPS) is 33.9. The number of nitrogens with zero attached hydrogens (tertiary/aromatic N) is 1. The fourth-order valence-electron chi connectivity index (χ4n) is 2.37. The number of hydrogen-bond acceptors (Lipinski definition) is 2. The molecule has 2 aliphatic heterocycles. The molecule has 0 radical (unpaired) electrons. The van der Waals surface area contributed by atoms with Crippen molar-refractivity contribution in [2.24, 2.45) is 0 Å². The van der Waals surface area contributed by atoms with Gasteiger partial charge in [-0.05, 0) is 13.3 Å². The summed E-state index contributed by atoms with van der Waals surface area (Å²) in [6.45, 7) is 2.39. The number of carbonyl (C=O) groups is 2. The SMILES string of the molecule is C/C=C1\CN2C(=O)CC[C@@]2(C(=O)O)C1. The summed E-state index contributed by atoms with van der Waals surface area (Å²) in [6, 6.07) is 0.